The minimum absolute atomic E-state index is 0.0400. The SMILES string of the molecule is NCc1ccc(OC(F)(F)F)[nH]c1=O. The zero-order valence-corrected chi connectivity index (χ0v) is 6.89. The Labute approximate surface area is 76.5 Å². The van der Waals surface area contributed by atoms with Crippen molar-refractivity contribution in [3.05, 3.63) is 28.0 Å². The van der Waals surface area contributed by atoms with E-state index in [-0.39, 0.29) is 12.1 Å². The van der Waals surface area contributed by atoms with Crippen LogP contribution < -0.4 is 16.0 Å². The molecule has 0 aliphatic heterocycles. The number of ether oxygens (including phenoxy) is 1. The van der Waals surface area contributed by atoms with Crippen molar-refractivity contribution in [1.29, 1.82) is 0 Å². The van der Waals surface area contributed by atoms with Gasteiger partial charge < -0.3 is 10.5 Å². The Morgan fingerprint density at radius 1 is 1.43 bits per heavy atom. The number of hydrogen-bond donors (Lipinski definition) is 2. The number of pyridine rings is 1. The van der Waals surface area contributed by atoms with Crippen LogP contribution >= 0.6 is 0 Å². The van der Waals surface area contributed by atoms with Crippen molar-refractivity contribution in [3.8, 4) is 5.88 Å². The minimum Gasteiger partial charge on any atom is -0.390 e. The van der Waals surface area contributed by atoms with E-state index in [1.165, 1.54) is 6.07 Å². The fourth-order valence-corrected chi connectivity index (χ4v) is 0.831. The third kappa shape index (κ3) is 2.77. The molecule has 1 heterocycles. The first-order chi connectivity index (χ1) is 6.42. The topological polar surface area (TPSA) is 68.1 Å². The van der Waals surface area contributed by atoms with Gasteiger partial charge in [-0.2, -0.15) is 0 Å². The largest absolute Gasteiger partial charge is 0.574 e. The summed E-state index contributed by atoms with van der Waals surface area (Å²) in [5.74, 6) is -0.653. The Kier molecular flexibility index (Phi) is 2.80. The molecule has 0 saturated heterocycles. The van der Waals surface area contributed by atoms with Crippen LogP contribution in [0.1, 0.15) is 5.56 Å². The lowest BCUT2D eigenvalue weighted by atomic mass is 10.3. The molecular formula is C7H7F3N2O2. The lowest BCUT2D eigenvalue weighted by Crippen LogP contribution is -2.22. The standard InChI is InChI=1S/C7H7F3N2O2/c8-7(9,10)14-5-2-1-4(3-11)6(13)12-5/h1-2H,3,11H2,(H,12,13). The predicted molar refractivity (Wildman–Crippen MR) is 41.6 cm³/mol. The van der Waals surface area contributed by atoms with Gasteiger partial charge in [-0.1, -0.05) is 0 Å². The molecule has 1 aromatic heterocycles. The summed E-state index contributed by atoms with van der Waals surface area (Å²) in [5.41, 5.74) is 4.65. The number of nitrogens with two attached hydrogens (primary N) is 1. The fraction of sp³-hybridized carbons (Fsp3) is 0.286. The van der Waals surface area contributed by atoms with Crippen molar-refractivity contribution in [2.45, 2.75) is 12.9 Å². The van der Waals surface area contributed by atoms with Crippen molar-refractivity contribution in [2.75, 3.05) is 0 Å². The normalized spacial score (nSPS) is 11.4. The molecule has 0 atom stereocenters. The lowest BCUT2D eigenvalue weighted by molar-refractivity contribution is -0.276. The number of aromatic nitrogens is 1. The van der Waals surface area contributed by atoms with Gasteiger partial charge in [-0.25, -0.2) is 0 Å². The second-order valence-corrected chi connectivity index (χ2v) is 2.43. The van der Waals surface area contributed by atoms with Crippen LogP contribution in [0, 0.1) is 0 Å². The van der Waals surface area contributed by atoms with Crippen molar-refractivity contribution in [3.63, 3.8) is 0 Å². The molecule has 7 heteroatoms. The molecule has 14 heavy (non-hydrogen) atoms. The number of rotatable bonds is 2. The molecule has 3 N–H and O–H groups in total. The Morgan fingerprint density at radius 2 is 2.07 bits per heavy atom. The number of hydrogen-bond acceptors (Lipinski definition) is 3. The molecule has 0 bridgehead atoms. The Balaban J connectivity index is 2.93. The van der Waals surface area contributed by atoms with E-state index in [9.17, 15) is 18.0 Å². The van der Waals surface area contributed by atoms with Gasteiger partial charge in [-0.05, 0) is 12.1 Å². The summed E-state index contributed by atoms with van der Waals surface area (Å²) < 4.78 is 38.5. The molecule has 0 aromatic carbocycles. The molecule has 0 aliphatic carbocycles. The van der Waals surface area contributed by atoms with Crippen LogP contribution in [0.5, 0.6) is 5.88 Å². The average molecular weight is 208 g/mol. The van der Waals surface area contributed by atoms with E-state index in [4.69, 9.17) is 5.73 Å². The average Bonchev–Trinajstić information content (AvgIpc) is 2.01. The van der Waals surface area contributed by atoms with Gasteiger partial charge in [0.15, 0.2) is 0 Å². The van der Waals surface area contributed by atoms with Crippen LogP contribution in [0.3, 0.4) is 0 Å². The maximum absolute atomic E-state index is 11.7. The molecule has 0 aliphatic rings. The third-order valence-electron chi connectivity index (χ3n) is 1.41. The van der Waals surface area contributed by atoms with Gasteiger partial charge in [0.1, 0.15) is 0 Å². The molecular weight excluding hydrogens is 201 g/mol. The summed E-state index contributed by atoms with van der Waals surface area (Å²) in [6, 6.07) is 2.18. The van der Waals surface area contributed by atoms with Crippen LogP contribution in [0.25, 0.3) is 0 Å². The van der Waals surface area contributed by atoms with E-state index >= 15 is 0 Å². The van der Waals surface area contributed by atoms with E-state index in [1.807, 2.05) is 4.98 Å². The molecule has 0 unspecified atom stereocenters. The second-order valence-electron chi connectivity index (χ2n) is 2.43. The van der Waals surface area contributed by atoms with Gasteiger partial charge in [0.05, 0.1) is 0 Å². The van der Waals surface area contributed by atoms with Crippen LogP contribution in [0.15, 0.2) is 16.9 Å². The van der Waals surface area contributed by atoms with Gasteiger partial charge in [0, 0.05) is 12.1 Å². The van der Waals surface area contributed by atoms with Crippen molar-refractivity contribution in [1.82, 2.24) is 4.98 Å². The second kappa shape index (κ2) is 3.70. The smallest absolute Gasteiger partial charge is 0.390 e. The van der Waals surface area contributed by atoms with Crippen LogP contribution in [0.4, 0.5) is 13.2 Å². The van der Waals surface area contributed by atoms with Crippen molar-refractivity contribution in [2.24, 2.45) is 5.73 Å². The first-order valence-electron chi connectivity index (χ1n) is 3.60. The van der Waals surface area contributed by atoms with E-state index < -0.39 is 17.8 Å². The fourth-order valence-electron chi connectivity index (χ4n) is 0.831. The van der Waals surface area contributed by atoms with Gasteiger partial charge >= 0.3 is 6.36 Å². The Morgan fingerprint density at radius 3 is 2.50 bits per heavy atom. The summed E-state index contributed by atoms with van der Waals surface area (Å²) >= 11 is 0. The predicted octanol–water partition coefficient (Wildman–Crippen LogP) is 0.732. The first kappa shape index (κ1) is 10.6. The van der Waals surface area contributed by atoms with Crippen LogP contribution in [0.2, 0.25) is 0 Å². The Bertz CT molecular complexity index is 372. The molecule has 1 rings (SSSR count). The summed E-state index contributed by atoms with van der Waals surface area (Å²) in [7, 11) is 0. The zero-order chi connectivity index (χ0) is 10.8. The summed E-state index contributed by atoms with van der Waals surface area (Å²) in [4.78, 5) is 12.9. The molecule has 4 nitrogen and oxygen atoms in total. The number of alkyl halides is 3. The molecule has 78 valence electrons. The number of nitrogens with one attached hydrogen (secondary N) is 1. The van der Waals surface area contributed by atoms with Gasteiger partial charge in [0.2, 0.25) is 5.88 Å². The maximum Gasteiger partial charge on any atom is 0.574 e. The lowest BCUT2D eigenvalue weighted by Gasteiger charge is -2.08. The minimum atomic E-state index is -4.81. The van der Waals surface area contributed by atoms with E-state index in [2.05, 4.69) is 4.74 Å². The van der Waals surface area contributed by atoms with Gasteiger partial charge in [-0.15, -0.1) is 13.2 Å². The zero-order valence-electron chi connectivity index (χ0n) is 6.89. The van der Waals surface area contributed by atoms with E-state index in [1.54, 1.807) is 0 Å². The van der Waals surface area contributed by atoms with E-state index in [0.717, 1.165) is 6.07 Å². The number of H-pyrrole nitrogens is 1. The molecule has 0 amide bonds. The first-order valence-corrected chi connectivity index (χ1v) is 3.60. The van der Waals surface area contributed by atoms with Gasteiger partial charge in [-0.3, -0.25) is 9.78 Å². The number of aromatic amines is 1. The van der Waals surface area contributed by atoms with Crippen LogP contribution in [-0.4, -0.2) is 11.3 Å². The summed E-state index contributed by atoms with van der Waals surface area (Å²) in [5, 5.41) is 0. The van der Waals surface area contributed by atoms with Crippen LogP contribution in [-0.2, 0) is 6.54 Å². The summed E-state index contributed by atoms with van der Waals surface area (Å²) in [6.07, 6.45) is -4.81. The highest BCUT2D eigenvalue weighted by molar-refractivity contribution is 5.17. The Hall–Kier alpha value is -1.50. The quantitative estimate of drug-likeness (QED) is 0.752. The third-order valence-corrected chi connectivity index (χ3v) is 1.41. The monoisotopic (exact) mass is 208 g/mol. The van der Waals surface area contributed by atoms with Crippen molar-refractivity contribution >= 4 is 0 Å². The highest BCUT2D eigenvalue weighted by Gasteiger charge is 2.31. The maximum atomic E-state index is 11.7. The molecule has 1 aromatic rings. The molecule has 0 fully saturated rings. The number of halogens is 3. The van der Waals surface area contributed by atoms with E-state index in [0.29, 0.717) is 0 Å². The van der Waals surface area contributed by atoms with Gasteiger partial charge in [0.25, 0.3) is 5.56 Å². The highest BCUT2D eigenvalue weighted by atomic mass is 19.4. The van der Waals surface area contributed by atoms with Crippen molar-refractivity contribution < 1.29 is 17.9 Å². The molecule has 0 spiro atoms. The highest BCUT2D eigenvalue weighted by Crippen LogP contribution is 2.19. The molecule has 0 radical (unpaired) electrons. The summed E-state index contributed by atoms with van der Waals surface area (Å²) in [6.45, 7) is -0.0400. The molecule has 0 saturated carbocycles.